The number of hydrogen-bond acceptors (Lipinski definition) is 9. The molecular weight excluding hydrogens is 312 g/mol. The van der Waals surface area contributed by atoms with Gasteiger partial charge in [0, 0.05) is 12.2 Å². The summed E-state index contributed by atoms with van der Waals surface area (Å²) < 4.78 is 19.0. The first-order chi connectivity index (χ1) is 10.9. The zero-order valence-corrected chi connectivity index (χ0v) is 12.6. The highest BCUT2D eigenvalue weighted by Crippen LogP contribution is 1.96. The molecule has 23 heavy (non-hydrogen) atoms. The van der Waals surface area contributed by atoms with Crippen LogP contribution >= 0.6 is 0 Å². The van der Waals surface area contributed by atoms with E-state index in [0.29, 0.717) is 0 Å². The molecule has 0 aliphatic heterocycles. The quantitative estimate of drug-likeness (QED) is 0.209. The third kappa shape index (κ3) is 12.4. The van der Waals surface area contributed by atoms with E-state index in [4.69, 9.17) is 9.47 Å². The van der Waals surface area contributed by atoms with Crippen LogP contribution in [0.2, 0.25) is 0 Å². The number of aliphatic hydroxyl groups excluding tert-OH is 3. The lowest BCUT2D eigenvalue weighted by atomic mass is 10.4. The van der Waals surface area contributed by atoms with Crippen LogP contribution in [0.4, 0.5) is 0 Å². The molecule has 0 radical (unpaired) electrons. The molecule has 132 valence electrons. The third-order valence-corrected chi connectivity index (χ3v) is 2.22. The van der Waals surface area contributed by atoms with E-state index in [2.05, 4.69) is 22.6 Å². The summed E-state index contributed by atoms with van der Waals surface area (Å²) in [7, 11) is 0. The molecule has 0 spiro atoms. The van der Waals surface area contributed by atoms with Crippen LogP contribution in [-0.2, 0) is 28.5 Å². The highest BCUT2D eigenvalue weighted by Gasteiger charge is 2.13. The molecule has 3 N–H and O–H groups in total. The summed E-state index contributed by atoms with van der Waals surface area (Å²) in [5, 5.41) is 28.3. The predicted molar refractivity (Wildman–Crippen MR) is 77.1 cm³/mol. The minimum absolute atomic E-state index is 0.190. The van der Waals surface area contributed by atoms with Crippen molar-refractivity contribution in [1.29, 1.82) is 0 Å². The molecule has 0 aliphatic rings. The average Bonchev–Trinajstić information content (AvgIpc) is 2.55. The first-order valence-electron chi connectivity index (χ1n) is 6.71. The second kappa shape index (κ2) is 12.7. The molecular formula is C14H22O9. The van der Waals surface area contributed by atoms with Gasteiger partial charge in [-0.05, 0) is 0 Å². The lowest BCUT2D eigenvalue weighted by Gasteiger charge is -2.16. The predicted octanol–water partition coefficient (Wildman–Crippen LogP) is -1.48. The van der Waals surface area contributed by atoms with Crippen LogP contribution in [-0.4, -0.2) is 78.8 Å². The summed E-state index contributed by atoms with van der Waals surface area (Å²) in [4.78, 5) is 21.5. The van der Waals surface area contributed by atoms with Crippen molar-refractivity contribution >= 4 is 11.9 Å². The van der Waals surface area contributed by atoms with Crippen LogP contribution in [0, 0.1) is 0 Å². The molecule has 0 aromatic heterocycles. The van der Waals surface area contributed by atoms with Crippen LogP contribution in [0.5, 0.6) is 0 Å². The van der Waals surface area contributed by atoms with Gasteiger partial charge in [0.05, 0.1) is 19.8 Å². The Bertz CT molecular complexity index is 382. The van der Waals surface area contributed by atoms with Crippen molar-refractivity contribution in [3.63, 3.8) is 0 Å². The zero-order chi connectivity index (χ0) is 17.7. The SMILES string of the molecule is C=CC(=O)OCC(O)COCC(O)OCC(O)COC(=O)C=C. The van der Waals surface area contributed by atoms with Crippen LogP contribution in [0.15, 0.2) is 25.3 Å². The summed E-state index contributed by atoms with van der Waals surface area (Å²) in [5.41, 5.74) is 0. The first kappa shape index (κ1) is 21.2. The van der Waals surface area contributed by atoms with Gasteiger partial charge in [-0.25, -0.2) is 9.59 Å². The van der Waals surface area contributed by atoms with E-state index < -0.39 is 30.4 Å². The molecule has 0 saturated carbocycles. The van der Waals surface area contributed by atoms with Crippen LogP contribution < -0.4 is 0 Å². The Morgan fingerprint density at radius 3 is 1.78 bits per heavy atom. The van der Waals surface area contributed by atoms with Gasteiger partial charge in [0.15, 0.2) is 6.29 Å². The third-order valence-electron chi connectivity index (χ3n) is 2.22. The normalized spacial score (nSPS) is 14.4. The maximum absolute atomic E-state index is 10.8. The maximum atomic E-state index is 10.8. The van der Waals surface area contributed by atoms with Crippen LogP contribution in [0.25, 0.3) is 0 Å². The molecule has 0 rings (SSSR count). The summed E-state index contributed by atoms with van der Waals surface area (Å²) in [6, 6.07) is 0. The molecule has 0 aromatic rings. The van der Waals surface area contributed by atoms with E-state index in [9.17, 15) is 24.9 Å². The number of rotatable bonds is 13. The smallest absolute Gasteiger partial charge is 0.330 e. The summed E-state index contributed by atoms with van der Waals surface area (Å²) in [5.74, 6) is -1.35. The summed E-state index contributed by atoms with van der Waals surface area (Å²) in [6.07, 6.45) is -1.60. The Hall–Kier alpha value is -1.78. The topological polar surface area (TPSA) is 132 Å². The molecule has 9 nitrogen and oxygen atoms in total. The number of carbonyl (C=O) groups excluding carboxylic acids is 2. The lowest BCUT2D eigenvalue weighted by Crippen LogP contribution is -2.30. The fourth-order valence-electron chi connectivity index (χ4n) is 1.15. The fraction of sp³-hybridized carbons (Fsp3) is 0.571. The van der Waals surface area contributed by atoms with Crippen molar-refractivity contribution in [3.05, 3.63) is 25.3 Å². The Kier molecular flexibility index (Phi) is 11.7. The molecule has 0 saturated heterocycles. The zero-order valence-electron chi connectivity index (χ0n) is 12.6. The minimum Gasteiger partial charge on any atom is -0.460 e. The molecule has 0 heterocycles. The fourth-order valence-corrected chi connectivity index (χ4v) is 1.15. The number of hydrogen-bond donors (Lipinski definition) is 3. The Balaban J connectivity index is 3.68. The second-order valence-electron chi connectivity index (χ2n) is 4.30. The van der Waals surface area contributed by atoms with Crippen molar-refractivity contribution in [3.8, 4) is 0 Å². The van der Waals surface area contributed by atoms with E-state index in [1.54, 1.807) is 0 Å². The highest BCUT2D eigenvalue weighted by atomic mass is 16.6. The second-order valence-corrected chi connectivity index (χ2v) is 4.30. The molecule has 0 amide bonds. The van der Waals surface area contributed by atoms with E-state index in [0.717, 1.165) is 12.2 Å². The number of aliphatic hydroxyl groups is 3. The molecule has 3 atom stereocenters. The Morgan fingerprint density at radius 2 is 1.30 bits per heavy atom. The first-order valence-corrected chi connectivity index (χ1v) is 6.71. The van der Waals surface area contributed by atoms with Crippen molar-refractivity contribution in [2.75, 3.05) is 33.0 Å². The van der Waals surface area contributed by atoms with Gasteiger partial charge in [-0.3, -0.25) is 0 Å². The van der Waals surface area contributed by atoms with Crippen molar-refractivity contribution in [1.82, 2.24) is 0 Å². The number of ether oxygens (including phenoxy) is 4. The summed E-state index contributed by atoms with van der Waals surface area (Å²) in [6.45, 7) is 5.07. The molecule has 0 fully saturated rings. The Morgan fingerprint density at radius 1 is 0.826 bits per heavy atom. The van der Waals surface area contributed by atoms with Gasteiger partial charge in [0.25, 0.3) is 0 Å². The van der Waals surface area contributed by atoms with Gasteiger partial charge in [-0.15, -0.1) is 0 Å². The highest BCUT2D eigenvalue weighted by molar-refractivity contribution is 5.81. The number of carbonyl (C=O) groups is 2. The van der Waals surface area contributed by atoms with Crippen LogP contribution in [0.1, 0.15) is 0 Å². The van der Waals surface area contributed by atoms with Crippen molar-refractivity contribution in [2.24, 2.45) is 0 Å². The van der Waals surface area contributed by atoms with Crippen molar-refractivity contribution < 1.29 is 43.9 Å². The molecule has 0 aliphatic carbocycles. The van der Waals surface area contributed by atoms with E-state index in [1.165, 1.54) is 0 Å². The average molecular weight is 334 g/mol. The van der Waals surface area contributed by atoms with Crippen molar-refractivity contribution in [2.45, 2.75) is 18.5 Å². The molecule has 0 aromatic carbocycles. The van der Waals surface area contributed by atoms with Gasteiger partial charge in [0.1, 0.15) is 25.4 Å². The molecule has 0 bridgehead atoms. The van der Waals surface area contributed by atoms with E-state index in [-0.39, 0.29) is 33.0 Å². The van der Waals surface area contributed by atoms with Gasteiger partial charge in [0.2, 0.25) is 0 Å². The van der Waals surface area contributed by atoms with Crippen LogP contribution in [0.3, 0.4) is 0 Å². The minimum atomic E-state index is -1.34. The largest absolute Gasteiger partial charge is 0.460 e. The van der Waals surface area contributed by atoms with Gasteiger partial charge in [-0.1, -0.05) is 13.2 Å². The summed E-state index contributed by atoms with van der Waals surface area (Å²) >= 11 is 0. The van der Waals surface area contributed by atoms with Gasteiger partial charge in [-0.2, -0.15) is 0 Å². The maximum Gasteiger partial charge on any atom is 0.330 e. The van der Waals surface area contributed by atoms with E-state index in [1.807, 2.05) is 0 Å². The molecule has 9 heteroatoms. The Labute approximate surface area is 133 Å². The van der Waals surface area contributed by atoms with Gasteiger partial charge < -0.3 is 34.3 Å². The molecule has 3 unspecified atom stereocenters. The number of esters is 2. The van der Waals surface area contributed by atoms with Gasteiger partial charge >= 0.3 is 11.9 Å². The monoisotopic (exact) mass is 334 g/mol. The lowest BCUT2D eigenvalue weighted by molar-refractivity contribution is -0.167. The standard InChI is InChI=1S/C14H22O9/c1-3-12(17)21-6-10(15)5-20-9-14(19)23-8-11(16)7-22-13(18)4-2/h3-4,10-11,14-16,19H,1-2,5-9H2. The van der Waals surface area contributed by atoms with E-state index >= 15 is 0 Å².